The van der Waals surface area contributed by atoms with Crippen LogP contribution in [0.4, 0.5) is 0 Å². The Bertz CT molecular complexity index is 1300. The molecular weight excluding hydrogens is 961 g/mol. The molecule has 0 aromatic heterocycles. The average molecular weight is 1100 g/mol. The van der Waals surface area contributed by atoms with Crippen molar-refractivity contribution in [3.05, 3.63) is 36.5 Å². The summed E-state index contributed by atoms with van der Waals surface area (Å²) in [4.78, 5) is 38.1. The predicted molar refractivity (Wildman–Crippen MR) is 339 cm³/mol. The Labute approximate surface area is 486 Å². The number of allylic oxidation sites excluding steroid dienone is 6. The Morgan fingerprint density at radius 2 is 0.462 bits per heavy atom. The standard InChI is InChI=1S/C72H134O6/c1-4-7-10-13-16-18-20-22-24-26-28-30-32-33-34-35-36-37-38-39-41-42-44-46-48-50-52-54-56-59-62-65-71(74)77-68-69(67-76-70(73)64-61-58-15-12-9-6-3)78-72(75)66-63-60-57-55-53-51-49-47-45-43-40-31-29-27-25-23-21-19-17-14-11-8-5-2/h21,23,26-29,69H,4-20,22,24-25,30-68H2,1-3H3/b23-21-,28-26-,29-27-. The van der Waals surface area contributed by atoms with Gasteiger partial charge in [-0.1, -0.05) is 327 Å². The third-order valence-electron chi connectivity index (χ3n) is 15.9. The van der Waals surface area contributed by atoms with E-state index in [1.807, 2.05) is 0 Å². The minimum absolute atomic E-state index is 0.0683. The van der Waals surface area contributed by atoms with Crippen molar-refractivity contribution in [2.45, 2.75) is 393 Å². The molecule has 0 aromatic rings. The van der Waals surface area contributed by atoms with E-state index in [1.165, 1.54) is 283 Å². The van der Waals surface area contributed by atoms with E-state index in [1.54, 1.807) is 0 Å². The Morgan fingerprint density at radius 1 is 0.256 bits per heavy atom. The number of carbonyl (C=O) groups is 3. The molecule has 0 saturated heterocycles. The Kier molecular flexibility index (Phi) is 65.1. The summed E-state index contributed by atoms with van der Waals surface area (Å²) in [5.74, 6) is -0.856. The second kappa shape index (κ2) is 67.1. The quantitative estimate of drug-likeness (QED) is 0.0261. The van der Waals surface area contributed by atoms with Crippen LogP contribution in [0, 0.1) is 0 Å². The third kappa shape index (κ3) is 64.5. The zero-order chi connectivity index (χ0) is 56.4. The first-order valence-electron chi connectivity index (χ1n) is 35.0. The molecule has 0 aromatic carbocycles. The summed E-state index contributed by atoms with van der Waals surface area (Å²) in [6.07, 6.45) is 83.6. The van der Waals surface area contributed by atoms with Gasteiger partial charge in [0.25, 0.3) is 0 Å². The zero-order valence-corrected chi connectivity index (χ0v) is 52.7. The smallest absolute Gasteiger partial charge is 0.306 e. The largest absolute Gasteiger partial charge is 0.462 e. The molecule has 0 saturated carbocycles. The predicted octanol–water partition coefficient (Wildman–Crippen LogP) is 23.9. The van der Waals surface area contributed by atoms with Gasteiger partial charge in [-0.25, -0.2) is 0 Å². The van der Waals surface area contributed by atoms with Crippen LogP contribution in [0.15, 0.2) is 36.5 Å². The molecule has 0 heterocycles. The van der Waals surface area contributed by atoms with Gasteiger partial charge in [-0.15, -0.1) is 0 Å². The molecule has 0 aliphatic carbocycles. The third-order valence-corrected chi connectivity index (χ3v) is 15.9. The number of ether oxygens (including phenoxy) is 3. The summed E-state index contributed by atoms with van der Waals surface area (Å²) in [7, 11) is 0. The number of carbonyl (C=O) groups excluding carboxylic acids is 3. The maximum Gasteiger partial charge on any atom is 0.306 e. The summed E-state index contributed by atoms with van der Waals surface area (Å²) in [5.41, 5.74) is 0. The van der Waals surface area contributed by atoms with E-state index < -0.39 is 6.10 Å². The van der Waals surface area contributed by atoms with E-state index in [9.17, 15) is 14.4 Å². The highest BCUT2D eigenvalue weighted by molar-refractivity contribution is 5.71. The lowest BCUT2D eigenvalue weighted by Crippen LogP contribution is -2.30. The first-order valence-corrected chi connectivity index (χ1v) is 35.0. The molecule has 0 N–H and O–H groups in total. The highest BCUT2D eigenvalue weighted by Crippen LogP contribution is 2.18. The molecule has 0 radical (unpaired) electrons. The normalized spacial score (nSPS) is 12.2. The number of rotatable bonds is 65. The molecule has 78 heavy (non-hydrogen) atoms. The van der Waals surface area contributed by atoms with Crippen molar-refractivity contribution in [3.63, 3.8) is 0 Å². The van der Waals surface area contributed by atoms with E-state index >= 15 is 0 Å². The number of esters is 3. The van der Waals surface area contributed by atoms with Gasteiger partial charge in [0.05, 0.1) is 0 Å². The van der Waals surface area contributed by atoms with Gasteiger partial charge in [-0.2, -0.15) is 0 Å². The van der Waals surface area contributed by atoms with Gasteiger partial charge in [0.1, 0.15) is 13.2 Å². The molecule has 0 fully saturated rings. The van der Waals surface area contributed by atoms with Crippen molar-refractivity contribution in [1.82, 2.24) is 0 Å². The summed E-state index contributed by atoms with van der Waals surface area (Å²) in [6.45, 7) is 6.63. The summed E-state index contributed by atoms with van der Waals surface area (Å²) in [6, 6.07) is 0. The van der Waals surface area contributed by atoms with E-state index in [0.717, 1.165) is 64.2 Å². The second-order valence-electron chi connectivity index (χ2n) is 23.8. The Balaban J connectivity index is 3.97. The van der Waals surface area contributed by atoms with E-state index in [4.69, 9.17) is 14.2 Å². The molecule has 0 rings (SSSR count). The van der Waals surface area contributed by atoms with Crippen LogP contribution in [-0.2, 0) is 28.6 Å². The van der Waals surface area contributed by atoms with Gasteiger partial charge in [0.15, 0.2) is 6.10 Å². The fourth-order valence-electron chi connectivity index (χ4n) is 10.6. The monoisotopic (exact) mass is 1100 g/mol. The summed E-state index contributed by atoms with van der Waals surface area (Å²) >= 11 is 0. The van der Waals surface area contributed by atoms with Crippen molar-refractivity contribution in [3.8, 4) is 0 Å². The van der Waals surface area contributed by atoms with Gasteiger partial charge < -0.3 is 14.2 Å². The molecular formula is C72H134O6. The van der Waals surface area contributed by atoms with Crippen LogP contribution in [0.3, 0.4) is 0 Å². The van der Waals surface area contributed by atoms with Crippen molar-refractivity contribution in [1.29, 1.82) is 0 Å². The Hall–Kier alpha value is -2.37. The minimum atomic E-state index is -0.768. The van der Waals surface area contributed by atoms with Crippen LogP contribution in [0.2, 0.25) is 0 Å². The molecule has 1 unspecified atom stereocenters. The summed E-state index contributed by atoms with van der Waals surface area (Å²) in [5, 5.41) is 0. The van der Waals surface area contributed by atoms with Crippen molar-refractivity contribution in [2.75, 3.05) is 13.2 Å². The van der Waals surface area contributed by atoms with Crippen LogP contribution in [0.1, 0.15) is 387 Å². The lowest BCUT2D eigenvalue weighted by atomic mass is 10.0. The Morgan fingerprint density at radius 3 is 0.718 bits per heavy atom. The van der Waals surface area contributed by atoms with Gasteiger partial charge >= 0.3 is 17.9 Å². The number of hydrogen-bond donors (Lipinski definition) is 0. The fraction of sp³-hybridized carbons (Fsp3) is 0.875. The molecule has 6 nitrogen and oxygen atoms in total. The number of hydrogen-bond acceptors (Lipinski definition) is 6. The second-order valence-corrected chi connectivity index (χ2v) is 23.8. The van der Waals surface area contributed by atoms with Gasteiger partial charge in [-0.3, -0.25) is 14.4 Å². The first kappa shape index (κ1) is 75.6. The maximum atomic E-state index is 12.9. The van der Waals surface area contributed by atoms with Crippen LogP contribution < -0.4 is 0 Å². The van der Waals surface area contributed by atoms with Crippen LogP contribution in [0.5, 0.6) is 0 Å². The number of unbranched alkanes of at least 4 members (excludes halogenated alkanes) is 48. The van der Waals surface area contributed by atoms with Crippen LogP contribution in [0.25, 0.3) is 0 Å². The highest BCUT2D eigenvalue weighted by atomic mass is 16.6. The van der Waals surface area contributed by atoms with E-state index in [-0.39, 0.29) is 31.1 Å². The molecule has 6 heteroatoms. The molecule has 0 aliphatic heterocycles. The van der Waals surface area contributed by atoms with Crippen molar-refractivity contribution >= 4 is 17.9 Å². The lowest BCUT2D eigenvalue weighted by Gasteiger charge is -2.18. The van der Waals surface area contributed by atoms with Crippen LogP contribution >= 0.6 is 0 Å². The van der Waals surface area contributed by atoms with Crippen LogP contribution in [-0.4, -0.2) is 37.2 Å². The molecule has 0 amide bonds. The minimum Gasteiger partial charge on any atom is -0.462 e. The zero-order valence-electron chi connectivity index (χ0n) is 52.7. The SMILES string of the molecule is CCCCCCC/C=C\C/C=C\CCCCCCCCCCCCCC(=O)OC(COC(=O)CCCCCCCC)COC(=O)CCCCCCCCCCCCCCCCCCCCC/C=C\CCCCCCCCCC. The van der Waals surface area contributed by atoms with E-state index in [2.05, 4.69) is 57.2 Å². The molecule has 1 atom stereocenters. The summed E-state index contributed by atoms with van der Waals surface area (Å²) < 4.78 is 16.9. The highest BCUT2D eigenvalue weighted by Gasteiger charge is 2.19. The van der Waals surface area contributed by atoms with Gasteiger partial charge in [0, 0.05) is 19.3 Å². The molecule has 458 valence electrons. The topological polar surface area (TPSA) is 78.9 Å². The van der Waals surface area contributed by atoms with Crippen molar-refractivity contribution in [2.24, 2.45) is 0 Å². The van der Waals surface area contributed by atoms with Crippen molar-refractivity contribution < 1.29 is 28.6 Å². The van der Waals surface area contributed by atoms with Gasteiger partial charge in [0.2, 0.25) is 0 Å². The van der Waals surface area contributed by atoms with E-state index in [0.29, 0.717) is 19.3 Å². The molecule has 0 bridgehead atoms. The maximum absolute atomic E-state index is 12.9. The fourth-order valence-corrected chi connectivity index (χ4v) is 10.6. The first-order chi connectivity index (χ1) is 38.5. The lowest BCUT2D eigenvalue weighted by molar-refractivity contribution is -0.167. The average Bonchev–Trinajstić information content (AvgIpc) is 3.44. The molecule has 0 spiro atoms. The van der Waals surface area contributed by atoms with Gasteiger partial charge in [-0.05, 0) is 77.0 Å². The molecule has 0 aliphatic rings.